The highest BCUT2D eigenvalue weighted by atomic mass is 35.5. The number of halogens is 2. The average Bonchev–Trinajstić information content (AvgIpc) is 3.16. The second-order valence-electron chi connectivity index (χ2n) is 5.54. The van der Waals surface area contributed by atoms with E-state index in [-0.39, 0.29) is 24.3 Å². The summed E-state index contributed by atoms with van der Waals surface area (Å²) >= 11 is 12.0. The molecule has 106 valence electrons. The highest BCUT2D eigenvalue weighted by Crippen LogP contribution is 2.42. The smallest absolute Gasteiger partial charge is 0.253 e. The molecule has 1 aliphatic carbocycles. The molecule has 0 spiro atoms. The first-order chi connectivity index (χ1) is 9.40. The molecule has 0 bridgehead atoms. The number of nitrogens with zero attached hydrogens (tertiary/aromatic N) is 1. The lowest BCUT2D eigenvalue weighted by atomic mass is 9.91. The molecule has 2 amide bonds. The predicted octanol–water partition coefficient (Wildman–Crippen LogP) is 2.62. The van der Waals surface area contributed by atoms with E-state index < -0.39 is 5.54 Å². The summed E-state index contributed by atoms with van der Waals surface area (Å²) in [6.07, 6.45) is 1.93. The van der Waals surface area contributed by atoms with Gasteiger partial charge in [0.05, 0.1) is 0 Å². The minimum Gasteiger partial charge on any atom is -0.340 e. The van der Waals surface area contributed by atoms with Gasteiger partial charge in [-0.25, -0.2) is 0 Å². The third-order valence-corrected chi connectivity index (χ3v) is 4.38. The number of hydrogen-bond donors (Lipinski definition) is 1. The molecule has 3 rings (SSSR count). The minimum absolute atomic E-state index is 0.00217. The number of anilines is 1. The Morgan fingerprint density at radius 3 is 2.35 bits per heavy atom. The Morgan fingerprint density at radius 1 is 1.20 bits per heavy atom. The fourth-order valence-corrected chi connectivity index (χ4v) is 3.23. The number of rotatable bonds is 2. The van der Waals surface area contributed by atoms with Crippen molar-refractivity contribution in [3.05, 3.63) is 28.2 Å². The zero-order valence-corrected chi connectivity index (χ0v) is 12.5. The van der Waals surface area contributed by atoms with E-state index in [1.165, 1.54) is 4.90 Å². The third-order valence-electron chi connectivity index (χ3n) is 3.94. The van der Waals surface area contributed by atoms with Crippen molar-refractivity contribution < 1.29 is 9.59 Å². The van der Waals surface area contributed by atoms with Crippen molar-refractivity contribution in [2.45, 2.75) is 25.3 Å². The van der Waals surface area contributed by atoms with E-state index in [4.69, 9.17) is 23.2 Å². The molecule has 6 heteroatoms. The Labute approximate surface area is 127 Å². The number of benzene rings is 1. The molecule has 1 unspecified atom stereocenters. The number of nitrogens with one attached hydrogen (secondary N) is 1. The van der Waals surface area contributed by atoms with Crippen molar-refractivity contribution in [3.8, 4) is 0 Å². The molecule has 2 aliphatic rings. The summed E-state index contributed by atoms with van der Waals surface area (Å²) in [6, 6.07) is 4.90. The Morgan fingerprint density at radius 2 is 1.80 bits per heavy atom. The van der Waals surface area contributed by atoms with E-state index in [9.17, 15) is 9.59 Å². The van der Waals surface area contributed by atoms with E-state index in [1.54, 1.807) is 25.1 Å². The van der Waals surface area contributed by atoms with Gasteiger partial charge in [0.2, 0.25) is 5.91 Å². The van der Waals surface area contributed by atoms with E-state index in [0.29, 0.717) is 15.7 Å². The van der Waals surface area contributed by atoms with Crippen LogP contribution in [-0.4, -0.2) is 23.9 Å². The third kappa shape index (κ3) is 2.27. The van der Waals surface area contributed by atoms with Crippen LogP contribution in [0.2, 0.25) is 10.0 Å². The van der Waals surface area contributed by atoms with E-state index >= 15 is 0 Å². The Bertz CT molecular complexity index is 581. The zero-order valence-electron chi connectivity index (χ0n) is 11.0. The molecule has 2 fully saturated rings. The Kier molecular flexibility index (Phi) is 3.18. The van der Waals surface area contributed by atoms with Crippen molar-refractivity contribution in [3.63, 3.8) is 0 Å². The zero-order chi connectivity index (χ0) is 14.5. The normalized spacial score (nSPS) is 26.6. The molecule has 1 N–H and O–H groups in total. The standard InChI is InChI=1S/C14H14Cl2N2O2/c1-14(8-2-3-8)13(20)18(7-12(19)17-14)11-5-9(15)4-10(16)6-11/h4-6,8H,2-3,7H2,1H3,(H,17,19). The second kappa shape index (κ2) is 4.64. The van der Waals surface area contributed by atoms with Crippen LogP contribution >= 0.6 is 23.2 Å². The lowest BCUT2D eigenvalue weighted by molar-refractivity contribution is -0.136. The molecule has 1 aromatic carbocycles. The van der Waals surface area contributed by atoms with Gasteiger partial charge in [-0.05, 0) is 43.9 Å². The van der Waals surface area contributed by atoms with Crippen LogP contribution in [0.3, 0.4) is 0 Å². The maximum absolute atomic E-state index is 12.7. The van der Waals surface area contributed by atoms with Gasteiger partial charge in [-0.15, -0.1) is 0 Å². The van der Waals surface area contributed by atoms with Gasteiger partial charge in [-0.1, -0.05) is 23.2 Å². The summed E-state index contributed by atoms with van der Waals surface area (Å²) < 4.78 is 0. The molecule has 1 aromatic rings. The summed E-state index contributed by atoms with van der Waals surface area (Å²) in [5.74, 6) is -0.0376. The Hall–Kier alpha value is -1.26. The predicted molar refractivity (Wildman–Crippen MR) is 78.1 cm³/mol. The maximum Gasteiger partial charge on any atom is 0.253 e. The molecule has 1 saturated heterocycles. The van der Waals surface area contributed by atoms with Crippen LogP contribution in [0, 0.1) is 5.92 Å². The lowest BCUT2D eigenvalue weighted by Gasteiger charge is -2.40. The van der Waals surface area contributed by atoms with E-state index in [2.05, 4.69) is 5.32 Å². The molecule has 1 saturated carbocycles. The summed E-state index contributed by atoms with van der Waals surface area (Å²) in [5, 5.41) is 3.73. The lowest BCUT2D eigenvalue weighted by Crippen LogP contribution is -2.66. The second-order valence-corrected chi connectivity index (χ2v) is 6.42. The van der Waals surface area contributed by atoms with Crippen LogP contribution in [0.25, 0.3) is 0 Å². The van der Waals surface area contributed by atoms with Gasteiger partial charge in [0.25, 0.3) is 5.91 Å². The first kappa shape index (κ1) is 13.7. The summed E-state index contributed by atoms with van der Waals surface area (Å²) in [6.45, 7) is 1.79. The van der Waals surface area contributed by atoms with Crippen molar-refractivity contribution in [2.75, 3.05) is 11.4 Å². The fraction of sp³-hybridized carbons (Fsp3) is 0.429. The van der Waals surface area contributed by atoms with Gasteiger partial charge < -0.3 is 10.2 Å². The van der Waals surface area contributed by atoms with E-state index in [0.717, 1.165) is 12.8 Å². The van der Waals surface area contributed by atoms with E-state index in [1.807, 2.05) is 0 Å². The quantitative estimate of drug-likeness (QED) is 0.912. The number of carbonyl (C=O) groups excluding carboxylic acids is 2. The monoisotopic (exact) mass is 312 g/mol. The first-order valence-electron chi connectivity index (χ1n) is 6.49. The van der Waals surface area contributed by atoms with Crippen LogP contribution in [0.4, 0.5) is 5.69 Å². The Balaban J connectivity index is 1.99. The maximum atomic E-state index is 12.7. The molecule has 1 atom stereocenters. The fourth-order valence-electron chi connectivity index (χ4n) is 2.72. The van der Waals surface area contributed by atoms with Crippen LogP contribution < -0.4 is 10.2 Å². The number of hydrogen-bond acceptors (Lipinski definition) is 2. The van der Waals surface area contributed by atoms with Crippen molar-refractivity contribution >= 4 is 40.7 Å². The van der Waals surface area contributed by atoms with Crippen molar-refractivity contribution in [1.29, 1.82) is 0 Å². The molecule has 0 aromatic heterocycles. The van der Waals surface area contributed by atoms with Gasteiger partial charge in [0, 0.05) is 15.7 Å². The minimum atomic E-state index is -0.815. The van der Waals surface area contributed by atoms with Crippen LogP contribution in [0.1, 0.15) is 19.8 Å². The molecule has 20 heavy (non-hydrogen) atoms. The number of amides is 2. The summed E-state index contributed by atoms with van der Waals surface area (Å²) in [4.78, 5) is 26.1. The highest BCUT2D eigenvalue weighted by molar-refractivity contribution is 6.35. The SMILES string of the molecule is CC1(C2CC2)NC(=O)CN(c2cc(Cl)cc(Cl)c2)C1=O. The van der Waals surface area contributed by atoms with Gasteiger partial charge in [0.1, 0.15) is 12.1 Å². The topological polar surface area (TPSA) is 49.4 Å². The van der Waals surface area contributed by atoms with Gasteiger partial charge in [-0.2, -0.15) is 0 Å². The summed E-state index contributed by atoms with van der Waals surface area (Å²) in [5.41, 5.74) is -0.251. The first-order valence-corrected chi connectivity index (χ1v) is 7.25. The average molecular weight is 313 g/mol. The van der Waals surface area contributed by atoms with Crippen LogP contribution in [0.15, 0.2) is 18.2 Å². The highest BCUT2D eigenvalue weighted by Gasteiger charge is 2.52. The molecule has 1 aliphatic heterocycles. The number of piperazine rings is 1. The van der Waals surface area contributed by atoms with Gasteiger partial charge in [-0.3, -0.25) is 9.59 Å². The van der Waals surface area contributed by atoms with Crippen molar-refractivity contribution in [2.24, 2.45) is 5.92 Å². The molecule has 0 radical (unpaired) electrons. The van der Waals surface area contributed by atoms with Gasteiger partial charge >= 0.3 is 0 Å². The van der Waals surface area contributed by atoms with Gasteiger partial charge in [0.15, 0.2) is 0 Å². The largest absolute Gasteiger partial charge is 0.340 e. The number of carbonyl (C=O) groups is 2. The van der Waals surface area contributed by atoms with Crippen LogP contribution in [0.5, 0.6) is 0 Å². The van der Waals surface area contributed by atoms with Crippen molar-refractivity contribution in [1.82, 2.24) is 5.32 Å². The molecule has 4 nitrogen and oxygen atoms in total. The summed E-state index contributed by atoms with van der Waals surface area (Å²) in [7, 11) is 0. The van der Waals surface area contributed by atoms with Crippen LogP contribution in [-0.2, 0) is 9.59 Å². The molecular formula is C14H14Cl2N2O2. The molecule has 1 heterocycles. The molecular weight excluding hydrogens is 299 g/mol.